The molecule has 0 aliphatic carbocycles. The maximum Gasteiger partial charge on any atom is 0.252 e. The van der Waals surface area contributed by atoms with Crippen LogP contribution in [0.1, 0.15) is 27.0 Å². The summed E-state index contributed by atoms with van der Waals surface area (Å²) in [6.45, 7) is 4.21. The number of hydrogen-bond acceptors (Lipinski definition) is 3. The summed E-state index contributed by atoms with van der Waals surface area (Å²) in [6, 6.07) is 12.8. The molecule has 0 heterocycles. The lowest BCUT2D eigenvalue weighted by Crippen LogP contribution is -2.25. The van der Waals surface area contributed by atoms with E-state index in [1.807, 2.05) is 44.2 Å². The van der Waals surface area contributed by atoms with E-state index in [4.69, 9.17) is 0 Å². The molecule has 2 rings (SSSR count). The van der Waals surface area contributed by atoms with E-state index in [1.165, 1.54) is 11.4 Å². The molecule has 0 spiro atoms. The Balaban J connectivity index is 2.06. The third-order valence-electron chi connectivity index (χ3n) is 3.96. The van der Waals surface area contributed by atoms with Crippen molar-refractivity contribution in [1.82, 2.24) is 5.32 Å². The van der Waals surface area contributed by atoms with Crippen LogP contribution in [-0.4, -0.2) is 27.6 Å². The molecule has 128 valence electrons. The molecule has 6 heteroatoms. The Labute approximate surface area is 143 Å². The predicted octanol–water partition coefficient (Wildman–Crippen LogP) is 2.63. The lowest BCUT2D eigenvalue weighted by molar-refractivity contribution is 0.0949. The van der Waals surface area contributed by atoms with Gasteiger partial charge in [-0.2, -0.15) is 0 Å². The number of carbonyl (C=O) groups excluding carboxylic acids is 1. The summed E-state index contributed by atoms with van der Waals surface area (Å²) >= 11 is 0. The Morgan fingerprint density at radius 2 is 1.58 bits per heavy atom. The van der Waals surface area contributed by atoms with Crippen molar-refractivity contribution in [1.29, 1.82) is 0 Å². The Bertz CT molecular complexity index is 823. The van der Waals surface area contributed by atoms with Crippen LogP contribution in [-0.2, 0) is 16.6 Å². The minimum absolute atomic E-state index is 0.108. The fourth-order valence-electron chi connectivity index (χ4n) is 2.46. The minimum Gasteiger partial charge on any atom is -0.348 e. The van der Waals surface area contributed by atoms with Gasteiger partial charge in [0.15, 0.2) is 0 Å². The second-order valence-electron chi connectivity index (χ2n) is 5.85. The maximum absolute atomic E-state index is 12.4. The molecule has 0 unspecified atom stereocenters. The Kier molecular flexibility index (Phi) is 5.29. The van der Waals surface area contributed by atoms with E-state index < -0.39 is 10.0 Å². The second kappa shape index (κ2) is 7.05. The highest BCUT2D eigenvalue weighted by Gasteiger charge is 2.13. The number of aryl methyl sites for hydroxylation is 2. The first-order chi connectivity index (χ1) is 11.2. The highest BCUT2D eigenvalue weighted by Crippen LogP contribution is 2.17. The summed E-state index contributed by atoms with van der Waals surface area (Å²) in [4.78, 5) is 12.4. The summed E-state index contributed by atoms with van der Waals surface area (Å²) in [7, 11) is -1.77. The lowest BCUT2D eigenvalue weighted by Gasteiger charge is -2.17. The van der Waals surface area contributed by atoms with Crippen molar-refractivity contribution >= 4 is 21.6 Å². The zero-order valence-corrected chi connectivity index (χ0v) is 15.1. The largest absolute Gasteiger partial charge is 0.348 e. The molecule has 0 radical (unpaired) electrons. The van der Waals surface area contributed by atoms with Gasteiger partial charge in [0.25, 0.3) is 5.91 Å². The van der Waals surface area contributed by atoms with Gasteiger partial charge < -0.3 is 5.32 Å². The van der Waals surface area contributed by atoms with E-state index in [-0.39, 0.29) is 5.91 Å². The van der Waals surface area contributed by atoms with Crippen LogP contribution in [0.25, 0.3) is 0 Å². The van der Waals surface area contributed by atoms with Crippen LogP contribution < -0.4 is 9.62 Å². The van der Waals surface area contributed by atoms with E-state index in [2.05, 4.69) is 5.32 Å². The molecule has 0 aliphatic heterocycles. The van der Waals surface area contributed by atoms with Gasteiger partial charge in [-0.05, 0) is 42.7 Å². The smallest absolute Gasteiger partial charge is 0.252 e. The number of carbonyl (C=O) groups is 1. The van der Waals surface area contributed by atoms with Crippen molar-refractivity contribution in [2.75, 3.05) is 17.6 Å². The van der Waals surface area contributed by atoms with Crippen molar-refractivity contribution < 1.29 is 13.2 Å². The fourth-order valence-corrected chi connectivity index (χ4v) is 2.96. The molecule has 0 atom stereocenters. The molecule has 5 nitrogen and oxygen atoms in total. The maximum atomic E-state index is 12.4. The summed E-state index contributed by atoms with van der Waals surface area (Å²) in [5, 5.41) is 2.91. The van der Waals surface area contributed by atoms with Gasteiger partial charge in [0.05, 0.1) is 11.9 Å². The Morgan fingerprint density at radius 1 is 1.04 bits per heavy atom. The standard InChI is InChI=1S/C18H22N2O3S/c1-13-6-5-7-14(2)17(13)18(21)19-12-15-8-10-16(11-9-15)20(3)24(4,22)23/h5-11H,12H2,1-4H3,(H,19,21). The first-order valence-electron chi connectivity index (χ1n) is 7.57. The molecule has 24 heavy (non-hydrogen) atoms. The third-order valence-corrected chi connectivity index (χ3v) is 5.16. The normalized spacial score (nSPS) is 11.2. The molecule has 1 amide bonds. The lowest BCUT2D eigenvalue weighted by atomic mass is 10.0. The molecule has 0 bridgehead atoms. The van der Waals surface area contributed by atoms with Gasteiger partial charge in [-0.25, -0.2) is 8.42 Å². The van der Waals surface area contributed by atoms with Crippen LogP contribution in [0.15, 0.2) is 42.5 Å². The van der Waals surface area contributed by atoms with Crippen molar-refractivity contribution in [2.24, 2.45) is 0 Å². The SMILES string of the molecule is Cc1cccc(C)c1C(=O)NCc1ccc(N(C)S(C)(=O)=O)cc1. The van der Waals surface area contributed by atoms with Crippen LogP contribution >= 0.6 is 0 Å². The summed E-state index contributed by atoms with van der Waals surface area (Å²) in [5.41, 5.74) is 4.07. The van der Waals surface area contributed by atoms with Gasteiger partial charge in [-0.1, -0.05) is 30.3 Å². The first-order valence-corrected chi connectivity index (χ1v) is 9.42. The Morgan fingerprint density at radius 3 is 2.08 bits per heavy atom. The van der Waals surface area contributed by atoms with Gasteiger partial charge in [0.1, 0.15) is 0 Å². The number of anilines is 1. The molecule has 1 N–H and O–H groups in total. The summed E-state index contributed by atoms with van der Waals surface area (Å²) < 4.78 is 24.3. The average molecular weight is 346 g/mol. The van der Waals surface area contributed by atoms with Gasteiger partial charge in [0, 0.05) is 19.2 Å². The fraction of sp³-hybridized carbons (Fsp3) is 0.278. The molecular weight excluding hydrogens is 324 g/mol. The van der Waals surface area contributed by atoms with E-state index in [0.29, 0.717) is 17.8 Å². The van der Waals surface area contributed by atoms with Crippen molar-refractivity contribution in [3.05, 3.63) is 64.7 Å². The quantitative estimate of drug-likeness (QED) is 0.905. The number of rotatable bonds is 5. The van der Waals surface area contributed by atoms with E-state index >= 15 is 0 Å². The predicted molar refractivity (Wildman–Crippen MR) is 96.8 cm³/mol. The van der Waals surface area contributed by atoms with Crippen LogP contribution in [0.4, 0.5) is 5.69 Å². The van der Waals surface area contributed by atoms with Crippen molar-refractivity contribution in [2.45, 2.75) is 20.4 Å². The number of amides is 1. The molecule has 2 aromatic rings. The van der Waals surface area contributed by atoms with E-state index in [1.54, 1.807) is 12.1 Å². The van der Waals surface area contributed by atoms with Gasteiger partial charge >= 0.3 is 0 Å². The summed E-state index contributed by atoms with van der Waals surface area (Å²) in [5.74, 6) is -0.108. The molecule has 0 saturated heterocycles. The van der Waals surface area contributed by atoms with Crippen molar-refractivity contribution in [3.63, 3.8) is 0 Å². The van der Waals surface area contributed by atoms with Crippen LogP contribution in [0.5, 0.6) is 0 Å². The van der Waals surface area contributed by atoms with Crippen LogP contribution in [0.3, 0.4) is 0 Å². The molecule has 0 saturated carbocycles. The molecule has 2 aromatic carbocycles. The van der Waals surface area contributed by atoms with Crippen LogP contribution in [0.2, 0.25) is 0 Å². The molecule has 0 fully saturated rings. The zero-order chi connectivity index (χ0) is 17.9. The monoisotopic (exact) mass is 346 g/mol. The number of hydrogen-bond donors (Lipinski definition) is 1. The van der Waals surface area contributed by atoms with Gasteiger partial charge in [-0.15, -0.1) is 0 Å². The number of nitrogens with zero attached hydrogens (tertiary/aromatic N) is 1. The number of sulfonamides is 1. The highest BCUT2D eigenvalue weighted by molar-refractivity contribution is 7.92. The summed E-state index contributed by atoms with van der Waals surface area (Å²) in [6.07, 6.45) is 1.16. The average Bonchev–Trinajstić information content (AvgIpc) is 2.51. The molecule has 0 aromatic heterocycles. The zero-order valence-electron chi connectivity index (χ0n) is 14.3. The Hall–Kier alpha value is -2.34. The van der Waals surface area contributed by atoms with E-state index in [0.717, 1.165) is 22.9 Å². The van der Waals surface area contributed by atoms with E-state index in [9.17, 15) is 13.2 Å². The molecular formula is C18H22N2O3S. The second-order valence-corrected chi connectivity index (χ2v) is 7.86. The van der Waals surface area contributed by atoms with Gasteiger partial charge in [0.2, 0.25) is 10.0 Å². The first kappa shape index (κ1) is 18.0. The highest BCUT2D eigenvalue weighted by atomic mass is 32.2. The number of nitrogens with one attached hydrogen (secondary N) is 1. The van der Waals surface area contributed by atoms with Crippen LogP contribution in [0, 0.1) is 13.8 Å². The minimum atomic E-state index is -3.28. The van der Waals surface area contributed by atoms with Gasteiger partial charge in [-0.3, -0.25) is 9.10 Å². The van der Waals surface area contributed by atoms with Crippen molar-refractivity contribution in [3.8, 4) is 0 Å². The third kappa shape index (κ3) is 4.14. The number of benzene rings is 2. The molecule has 0 aliphatic rings. The topological polar surface area (TPSA) is 66.5 Å².